The molecule has 4 N–H and O–H groups in total. The lowest BCUT2D eigenvalue weighted by Gasteiger charge is -2.20. The number of hydrogen-bond acceptors (Lipinski definition) is 9. The summed E-state index contributed by atoms with van der Waals surface area (Å²) in [6.07, 6.45) is 55.7. The highest BCUT2D eigenvalue weighted by atomic mass is 31.2. The molecule has 0 aliphatic heterocycles. The number of unbranched alkanes of at least 4 members (excludes halogenated alkanes) is 4. The molecule has 0 aromatic carbocycles. The smallest absolute Gasteiger partial charge is 0.472 e. The van der Waals surface area contributed by atoms with Crippen LogP contribution in [0, 0.1) is 0 Å². The van der Waals surface area contributed by atoms with Gasteiger partial charge in [0, 0.05) is 12.8 Å². The summed E-state index contributed by atoms with van der Waals surface area (Å²) in [5.41, 5.74) is 5.32. The molecule has 0 saturated carbocycles. The molecule has 0 rings (SSSR count). The molecule has 0 radical (unpaired) electrons. The monoisotopic (exact) mass is 856 g/mol. The summed E-state index contributed by atoms with van der Waals surface area (Å²) in [4.78, 5) is 45.9. The number of phosphoric acid groups is 1. The summed E-state index contributed by atoms with van der Waals surface area (Å²) in [7, 11) is -4.76. The van der Waals surface area contributed by atoms with E-state index >= 15 is 0 Å². The fourth-order valence-electron chi connectivity index (χ4n) is 4.85. The molecule has 0 spiro atoms. The summed E-state index contributed by atoms with van der Waals surface area (Å²) >= 11 is 0. The third-order valence-electron chi connectivity index (χ3n) is 8.21. The molecule has 60 heavy (non-hydrogen) atoms. The minimum absolute atomic E-state index is 0.0593. The number of hydrogen-bond donors (Lipinski definition) is 3. The van der Waals surface area contributed by atoms with E-state index < -0.39 is 57.7 Å². The predicted molar refractivity (Wildman–Crippen MR) is 244 cm³/mol. The molecule has 0 aromatic heterocycles. The van der Waals surface area contributed by atoms with Crippen molar-refractivity contribution in [3.05, 3.63) is 122 Å². The van der Waals surface area contributed by atoms with E-state index in [9.17, 15) is 23.8 Å². The molecule has 0 fully saturated rings. The summed E-state index contributed by atoms with van der Waals surface area (Å²) in [6.45, 7) is 2.50. The largest absolute Gasteiger partial charge is 0.480 e. The minimum atomic E-state index is -4.76. The van der Waals surface area contributed by atoms with Gasteiger partial charge in [-0.3, -0.25) is 23.4 Å². The first-order valence-corrected chi connectivity index (χ1v) is 23.1. The predicted octanol–water partition coefficient (Wildman–Crippen LogP) is 11.6. The molecule has 11 nitrogen and oxygen atoms in total. The van der Waals surface area contributed by atoms with Gasteiger partial charge < -0.3 is 25.2 Å². The molecule has 0 aliphatic carbocycles. The number of carbonyl (C=O) groups excluding carboxylic acids is 2. The lowest BCUT2D eigenvalue weighted by Crippen LogP contribution is -2.34. The van der Waals surface area contributed by atoms with Gasteiger partial charge in [-0.2, -0.15) is 0 Å². The third kappa shape index (κ3) is 40.7. The number of nitrogens with two attached hydrogens (primary N) is 1. The van der Waals surface area contributed by atoms with E-state index in [4.69, 9.17) is 24.8 Å². The first-order chi connectivity index (χ1) is 29.1. The maximum atomic E-state index is 12.6. The van der Waals surface area contributed by atoms with Crippen LogP contribution < -0.4 is 5.73 Å². The van der Waals surface area contributed by atoms with Crippen LogP contribution in [-0.2, 0) is 37.5 Å². The number of carboxylic acid groups (broad SMARTS) is 1. The van der Waals surface area contributed by atoms with Crippen molar-refractivity contribution in [2.75, 3.05) is 19.8 Å². The first-order valence-electron chi connectivity index (χ1n) is 21.6. The Morgan fingerprint density at radius 3 is 1.40 bits per heavy atom. The van der Waals surface area contributed by atoms with E-state index in [0.29, 0.717) is 19.3 Å². The number of rotatable bonds is 38. The summed E-state index contributed by atoms with van der Waals surface area (Å²) in [5.74, 6) is -2.58. The molecule has 336 valence electrons. The van der Waals surface area contributed by atoms with Crippen LogP contribution in [-0.4, -0.2) is 59.9 Å². The second-order valence-corrected chi connectivity index (χ2v) is 15.2. The Morgan fingerprint density at radius 1 is 0.533 bits per heavy atom. The van der Waals surface area contributed by atoms with E-state index in [-0.39, 0.29) is 12.8 Å². The van der Waals surface area contributed by atoms with Crippen molar-refractivity contribution in [2.24, 2.45) is 5.73 Å². The van der Waals surface area contributed by atoms with Crippen LogP contribution in [0.3, 0.4) is 0 Å². The van der Waals surface area contributed by atoms with Gasteiger partial charge in [0.2, 0.25) is 0 Å². The Morgan fingerprint density at radius 2 is 0.950 bits per heavy atom. The molecular weight excluding hydrogens is 781 g/mol. The highest BCUT2D eigenvalue weighted by Gasteiger charge is 2.28. The van der Waals surface area contributed by atoms with Gasteiger partial charge in [0.25, 0.3) is 0 Å². The SMILES string of the molecule is CC/C=C/C/C=C/C/C=C/C/C=C/C/C=C/CCCC(=O)O[C@H](COC(=O)CC/C=C/C/C=C/C/C=C/C/C=C/C/C=C/CCCCC)COP(=O)(O)OC[C@H](N)C(=O)O. The Hall–Kier alpha value is -4.12. The minimum Gasteiger partial charge on any atom is -0.480 e. The van der Waals surface area contributed by atoms with Crippen molar-refractivity contribution in [1.82, 2.24) is 0 Å². The molecule has 0 saturated heterocycles. The van der Waals surface area contributed by atoms with E-state index in [1.807, 2.05) is 24.3 Å². The molecule has 0 aliphatic rings. The second-order valence-electron chi connectivity index (χ2n) is 13.7. The molecule has 0 heterocycles. The van der Waals surface area contributed by atoms with Gasteiger partial charge in [-0.25, -0.2) is 4.57 Å². The second kappa shape index (κ2) is 41.6. The van der Waals surface area contributed by atoms with Gasteiger partial charge in [0.05, 0.1) is 13.2 Å². The zero-order chi connectivity index (χ0) is 44.2. The first kappa shape index (κ1) is 55.9. The highest BCUT2D eigenvalue weighted by Crippen LogP contribution is 2.43. The number of carboxylic acids is 1. The zero-order valence-corrected chi connectivity index (χ0v) is 37.1. The van der Waals surface area contributed by atoms with Crippen LogP contribution in [0.4, 0.5) is 0 Å². The topological polar surface area (TPSA) is 172 Å². The Balaban J connectivity index is 4.62. The van der Waals surface area contributed by atoms with Gasteiger partial charge in [0.15, 0.2) is 6.10 Å². The van der Waals surface area contributed by atoms with Crippen molar-refractivity contribution < 1.29 is 47.5 Å². The molecule has 0 aromatic rings. The molecule has 0 amide bonds. The summed E-state index contributed by atoms with van der Waals surface area (Å²) in [6, 6.07) is -1.55. The van der Waals surface area contributed by atoms with Gasteiger partial charge >= 0.3 is 25.7 Å². The van der Waals surface area contributed by atoms with Crippen molar-refractivity contribution in [1.29, 1.82) is 0 Å². The number of allylic oxidation sites excluding steroid dienone is 20. The Labute approximate surface area is 360 Å². The van der Waals surface area contributed by atoms with Gasteiger partial charge in [0.1, 0.15) is 12.6 Å². The fourth-order valence-corrected chi connectivity index (χ4v) is 5.62. The maximum absolute atomic E-state index is 12.6. The number of carbonyl (C=O) groups is 3. The Bertz CT molecular complexity index is 1470. The van der Waals surface area contributed by atoms with Crippen LogP contribution in [0.15, 0.2) is 122 Å². The van der Waals surface area contributed by atoms with Gasteiger partial charge in [-0.05, 0) is 89.9 Å². The number of phosphoric ester groups is 1. The van der Waals surface area contributed by atoms with Crippen molar-refractivity contribution in [3.63, 3.8) is 0 Å². The molecule has 3 atom stereocenters. The lowest BCUT2D eigenvalue weighted by atomic mass is 10.2. The van der Waals surface area contributed by atoms with Gasteiger partial charge in [-0.1, -0.05) is 148 Å². The van der Waals surface area contributed by atoms with Crippen LogP contribution in [0.25, 0.3) is 0 Å². The highest BCUT2D eigenvalue weighted by molar-refractivity contribution is 7.47. The van der Waals surface area contributed by atoms with E-state index in [0.717, 1.165) is 64.2 Å². The molecular formula is C48H74NO10P. The number of aliphatic carboxylic acids is 1. The van der Waals surface area contributed by atoms with Crippen LogP contribution in [0.2, 0.25) is 0 Å². The normalized spacial score (nSPS) is 14.9. The average molecular weight is 856 g/mol. The van der Waals surface area contributed by atoms with Crippen molar-refractivity contribution in [3.8, 4) is 0 Å². The standard InChI is InChI=1S/C48H74NO10P/c1-3-5-7-9-11-13-15-17-19-21-22-24-25-27-29-31-33-35-37-39-46(50)56-41-44(42-57-60(54,55)58-43-45(49)48(52)53)59-47(51)40-38-36-34-32-30-28-26-23-20-18-16-14-12-10-8-6-4-2/h6,8,11-14,17-20,22,24,26-29,32-35,44-45H,3-5,7,9-10,15-16,21,23,25,30-31,36-43,49H2,1-2H3,(H,52,53)(H,54,55)/b8-6+,13-11+,14-12+,19-17+,20-18+,24-22+,28-26+,29-27+,34-32+,35-33+/t44-,45+/m1/s1. The summed E-state index contributed by atoms with van der Waals surface area (Å²) < 4.78 is 32.5. The number of ether oxygens (including phenoxy) is 2. The zero-order valence-electron chi connectivity index (χ0n) is 36.2. The maximum Gasteiger partial charge on any atom is 0.472 e. The third-order valence-corrected chi connectivity index (χ3v) is 9.16. The van der Waals surface area contributed by atoms with Gasteiger partial charge in [-0.15, -0.1) is 0 Å². The fraction of sp³-hybridized carbons (Fsp3) is 0.521. The number of esters is 2. The van der Waals surface area contributed by atoms with Crippen LogP contribution >= 0.6 is 7.82 Å². The van der Waals surface area contributed by atoms with Crippen molar-refractivity contribution >= 4 is 25.7 Å². The van der Waals surface area contributed by atoms with Crippen LogP contribution in [0.1, 0.15) is 129 Å². The quantitative estimate of drug-likeness (QED) is 0.0233. The van der Waals surface area contributed by atoms with E-state index in [1.54, 1.807) is 0 Å². The summed E-state index contributed by atoms with van der Waals surface area (Å²) in [5, 5.41) is 8.89. The average Bonchev–Trinajstić information content (AvgIpc) is 3.22. The van der Waals surface area contributed by atoms with Crippen molar-refractivity contribution in [2.45, 2.75) is 142 Å². The Kier molecular flexibility index (Phi) is 38.8. The van der Waals surface area contributed by atoms with E-state index in [1.165, 1.54) is 19.3 Å². The molecule has 12 heteroatoms. The van der Waals surface area contributed by atoms with Crippen LogP contribution in [0.5, 0.6) is 0 Å². The van der Waals surface area contributed by atoms with E-state index in [2.05, 4.69) is 116 Å². The lowest BCUT2D eigenvalue weighted by molar-refractivity contribution is -0.161. The molecule has 0 bridgehead atoms. The molecule has 1 unspecified atom stereocenters.